The van der Waals surface area contributed by atoms with Gasteiger partial charge in [0.1, 0.15) is 9.84 Å². The van der Waals surface area contributed by atoms with Gasteiger partial charge in [-0.1, -0.05) is 27.7 Å². The first kappa shape index (κ1) is 19.3. The molecule has 0 aromatic heterocycles. The summed E-state index contributed by atoms with van der Waals surface area (Å²) >= 11 is 1.99. The summed E-state index contributed by atoms with van der Waals surface area (Å²) in [6.07, 6.45) is 4.05. The SMILES string of the molecule is CCCNC(CCCS(=O)(=O)CC)CSC(C)CC. The van der Waals surface area contributed by atoms with E-state index in [1.807, 2.05) is 11.8 Å². The standard InChI is InChI=1S/C14H31NO2S2/c1-5-10-15-14(12-18-13(4)6-2)9-8-11-19(16,17)7-3/h13-15H,5-12H2,1-4H3. The number of hydrogen-bond donors (Lipinski definition) is 1. The van der Waals surface area contributed by atoms with Gasteiger partial charge < -0.3 is 5.32 Å². The van der Waals surface area contributed by atoms with E-state index in [0.717, 1.165) is 31.6 Å². The van der Waals surface area contributed by atoms with Crippen LogP contribution in [0.2, 0.25) is 0 Å². The number of thioether (sulfide) groups is 1. The number of sulfone groups is 1. The molecule has 19 heavy (non-hydrogen) atoms. The zero-order valence-electron chi connectivity index (χ0n) is 12.9. The van der Waals surface area contributed by atoms with E-state index in [9.17, 15) is 8.42 Å². The van der Waals surface area contributed by atoms with Crippen LogP contribution in [0.1, 0.15) is 53.4 Å². The van der Waals surface area contributed by atoms with Gasteiger partial charge >= 0.3 is 0 Å². The van der Waals surface area contributed by atoms with Crippen molar-refractivity contribution in [2.24, 2.45) is 0 Å². The van der Waals surface area contributed by atoms with Gasteiger partial charge in [-0.3, -0.25) is 0 Å². The third-order valence-corrected chi connectivity index (χ3v) is 6.58. The number of nitrogens with one attached hydrogen (secondary N) is 1. The summed E-state index contributed by atoms with van der Waals surface area (Å²) in [5.41, 5.74) is 0. The normalized spacial score (nSPS) is 15.4. The highest BCUT2D eigenvalue weighted by Gasteiger charge is 2.13. The summed E-state index contributed by atoms with van der Waals surface area (Å²) in [6, 6.07) is 0.450. The molecule has 0 saturated heterocycles. The minimum absolute atomic E-state index is 0.266. The maximum atomic E-state index is 11.5. The molecule has 0 aromatic carbocycles. The predicted molar refractivity (Wildman–Crippen MR) is 87.9 cm³/mol. The Morgan fingerprint density at radius 2 is 1.89 bits per heavy atom. The highest BCUT2D eigenvalue weighted by atomic mass is 32.2. The Morgan fingerprint density at radius 3 is 2.42 bits per heavy atom. The predicted octanol–water partition coefficient (Wildman–Crippen LogP) is 3.10. The van der Waals surface area contributed by atoms with Crippen molar-refractivity contribution in [1.82, 2.24) is 5.32 Å². The topological polar surface area (TPSA) is 46.2 Å². The fourth-order valence-corrected chi connectivity index (χ4v) is 3.66. The lowest BCUT2D eigenvalue weighted by Crippen LogP contribution is -2.33. The summed E-state index contributed by atoms with van der Waals surface area (Å²) in [6.45, 7) is 9.36. The van der Waals surface area contributed by atoms with Gasteiger partial charge in [-0.15, -0.1) is 0 Å². The van der Waals surface area contributed by atoms with E-state index in [-0.39, 0.29) is 5.75 Å². The highest BCUT2D eigenvalue weighted by Crippen LogP contribution is 2.16. The van der Waals surface area contributed by atoms with Gasteiger partial charge in [-0.05, 0) is 32.2 Å². The Balaban J connectivity index is 4.05. The van der Waals surface area contributed by atoms with Crippen LogP contribution in [0.3, 0.4) is 0 Å². The van der Waals surface area contributed by atoms with Crippen LogP contribution in [0, 0.1) is 0 Å². The van der Waals surface area contributed by atoms with Crippen molar-refractivity contribution in [2.45, 2.75) is 64.7 Å². The quantitative estimate of drug-likeness (QED) is 0.602. The van der Waals surface area contributed by atoms with E-state index >= 15 is 0 Å². The zero-order valence-corrected chi connectivity index (χ0v) is 14.6. The average molecular weight is 310 g/mol. The van der Waals surface area contributed by atoms with Gasteiger partial charge in [0.15, 0.2) is 0 Å². The smallest absolute Gasteiger partial charge is 0.150 e. The largest absolute Gasteiger partial charge is 0.313 e. The molecular weight excluding hydrogens is 278 g/mol. The van der Waals surface area contributed by atoms with Crippen LogP contribution in [0.15, 0.2) is 0 Å². The lowest BCUT2D eigenvalue weighted by atomic mass is 10.2. The molecule has 0 heterocycles. The van der Waals surface area contributed by atoms with Gasteiger partial charge in [-0.25, -0.2) is 8.42 Å². The number of hydrogen-bond acceptors (Lipinski definition) is 4. The van der Waals surface area contributed by atoms with Crippen molar-refractivity contribution >= 4 is 21.6 Å². The average Bonchev–Trinajstić information content (AvgIpc) is 2.40. The van der Waals surface area contributed by atoms with Gasteiger partial charge in [0, 0.05) is 22.8 Å². The molecule has 5 heteroatoms. The van der Waals surface area contributed by atoms with Crippen molar-refractivity contribution in [3.05, 3.63) is 0 Å². The van der Waals surface area contributed by atoms with Crippen LogP contribution in [-0.4, -0.2) is 43.5 Å². The monoisotopic (exact) mass is 309 g/mol. The lowest BCUT2D eigenvalue weighted by Gasteiger charge is -2.20. The molecule has 0 rings (SSSR count). The zero-order chi connectivity index (χ0) is 14.7. The van der Waals surface area contributed by atoms with E-state index in [0.29, 0.717) is 17.0 Å². The first-order valence-corrected chi connectivity index (χ1v) is 10.4. The molecule has 0 amide bonds. The van der Waals surface area contributed by atoms with Crippen molar-refractivity contribution in [3.8, 4) is 0 Å². The Kier molecular flexibility index (Phi) is 11.1. The van der Waals surface area contributed by atoms with E-state index in [4.69, 9.17) is 0 Å². The Morgan fingerprint density at radius 1 is 1.21 bits per heavy atom. The summed E-state index contributed by atoms with van der Waals surface area (Å²) in [5, 5.41) is 4.22. The van der Waals surface area contributed by atoms with Crippen LogP contribution in [0.4, 0.5) is 0 Å². The van der Waals surface area contributed by atoms with Crippen LogP contribution in [0.5, 0.6) is 0 Å². The van der Waals surface area contributed by atoms with Crippen molar-refractivity contribution in [1.29, 1.82) is 0 Å². The number of rotatable bonds is 12. The van der Waals surface area contributed by atoms with Gasteiger partial charge in [0.05, 0.1) is 5.75 Å². The molecule has 0 radical (unpaired) electrons. The third-order valence-electron chi connectivity index (χ3n) is 3.29. The molecule has 0 aliphatic rings. The lowest BCUT2D eigenvalue weighted by molar-refractivity contribution is 0.511. The molecule has 0 aliphatic heterocycles. The highest BCUT2D eigenvalue weighted by molar-refractivity contribution is 7.99. The molecule has 0 aromatic rings. The molecule has 0 spiro atoms. The Bertz CT molecular complexity index is 305. The molecule has 2 unspecified atom stereocenters. The molecule has 0 fully saturated rings. The van der Waals surface area contributed by atoms with E-state index in [2.05, 4.69) is 26.1 Å². The summed E-state index contributed by atoms with van der Waals surface area (Å²) in [4.78, 5) is 0. The summed E-state index contributed by atoms with van der Waals surface area (Å²) < 4.78 is 23.0. The molecule has 0 aliphatic carbocycles. The van der Waals surface area contributed by atoms with Gasteiger partial charge in [-0.2, -0.15) is 11.8 Å². The van der Waals surface area contributed by atoms with Crippen LogP contribution in [0.25, 0.3) is 0 Å². The second kappa shape index (κ2) is 11.0. The molecule has 3 nitrogen and oxygen atoms in total. The maximum absolute atomic E-state index is 11.5. The first-order valence-electron chi connectivity index (χ1n) is 7.50. The molecule has 116 valence electrons. The fraction of sp³-hybridized carbons (Fsp3) is 1.00. The first-order chi connectivity index (χ1) is 8.95. The van der Waals surface area contributed by atoms with E-state index in [1.54, 1.807) is 6.92 Å². The van der Waals surface area contributed by atoms with E-state index in [1.165, 1.54) is 6.42 Å². The second-order valence-corrected chi connectivity index (χ2v) is 9.03. The minimum Gasteiger partial charge on any atom is -0.313 e. The van der Waals surface area contributed by atoms with Crippen LogP contribution < -0.4 is 5.32 Å². The van der Waals surface area contributed by atoms with Gasteiger partial charge in [0.2, 0.25) is 0 Å². The Hall–Kier alpha value is 0.260. The van der Waals surface area contributed by atoms with Crippen LogP contribution in [-0.2, 0) is 9.84 Å². The van der Waals surface area contributed by atoms with Crippen LogP contribution >= 0.6 is 11.8 Å². The molecule has 0 saturated carbocycles. The second-order valence-electron chi connectivity index (χ2n) is 5.08. The molecule has 0 bridgehead atoms. The molecule has 2 atom stereocenters. The fourth-order valence-electron chi connectivity index (χ4n) is 1.69. The van der Waals surface area contributed by atoms with Crippen molar-refractivity contribution in [3.63, 3.8) is 0 Å². The van der Waals surface area contributed by atoms with Gasteiger partial charge in [0.25, 0.3) is 0 Å². The third kappa shape index (κ3) is 10.7. The van der Waals surface area contributed by atoms with Crippen molar-refractivity contribution < 1.29 is 8.42 Å². The van der Waals surface area contributed by atoms with E-state index < -0.39 is 9.84 Å². The molecular formula is C14H31NO2S2. The summed E-state index contributed by atoms with van der Waals surface area (Å²) in [5.74, 6) is 1.69. The maximum Gasteiger partial charge on any atom is 0.150 e. The summed E-state index contributed by atoms with van der Waals surface area (Å²) in [7, 11) is -2.81. The molecule has 1 N–H and O–H groups in total. The van der Waals surface area contributed by atoms with Crippen molar-refractivity contribution in [2.75, 3.05) is 23.8 Å². The minimum atomic E-state index is -2.81. The Labute approximate surface area is 124 Å².